The fourth-order valence-corrected chi connectivity index (χ4v) is 2.96. The van der Waals surface area contributed by atoms with Gasteiger partial charge in [0.05, 0.1) is 31.9 Å². The zero-order valence-electron chi connectivity index (χ0n) is 14.4. The number of methoxy groups -OCH3 is 2. The average Bonchev–Trinajstić information content (AvgIpc) is 3.06. The molecule has 0 unspecified atom stereocenters. The Labute approximate surface area is 151 Å². The number of benzene rings is 1. The van der Waals surface area contributed by atoms with E-state index in [-0.39, 0.29) is 23.4 Å². The van der Waals surface area contributed by atoms with Gasteiger partial charge in [-0.1, -0.05) is 6.07 Å². The lowest BCUT2D eigenvalue weighted by atomic mass is 10.00. The highest BCUT2D eigenvalue weighted by molar-refractivity contribution is 6.10. The maximum atomic E-state index is 13.9. The predicted octanol–water partition coefficient (Wildman–Crippen LogP) is 2.79. The van der Waals surface area contributed by atoms with Crippen LogP contribution < -0.4 is 9.47 Å². The molecular weight excluding hydrogens is 357 g/mol. The number of hydrogen-bond acceptors (Lipinski definition) is 8. The third-order valence-corrected chi connectivity index (χ3v) is 4.18. The molecule has 2 N–H and O–H groups in total. The molecule has 8 nitrogen and oxygen atoms in total. The summed E-state index contributed by atoms with van der Waals surface area (Å²) < 4.78 is 29.2. The van der Waals surface area contributed by atoms with E-state index >= 15 is 0 Å². The molecule has 0 amide bonds. The number of hydrogen-bond donors (Lipinski definition) is 2. The molecule has 0 aliphatic carbocycles. The summed E-state index contributed by atoms with van der Waals surface area (Å²) in [5, 5.41) is 20.2. The molecule has 4 rings (SSSR count). The average molecular weight is 371 g/mol. The summed E-state index contributed by atoms with van der Waals surface area (Å²) in [4.78, 5) is 12.8. The van der Waals surface area contributed by atoms with E-state index < -0.39 is 12.4 Å². The third kappa shape index (κ3) is 2.59. The molecule has 0 aliphatic rings. The number of aromatic nitrogens is 3. The van der Waals surface area contributed by atoms with Crippen LogP contribution in [0.1, 0.15) is 5.69 Å². The SMILES string of the molecule is COc1nc(CO)c2nc3coc(O)c3c(-c3ccc(F)c(OC)c3)c2n1. The molecule has 0 fully saturated rings. The fourth-order valence-electron chi connectivity index (χ4n) is 2.96. The van der Waals surface area contributed by atoms with Gasteiger partial charge in [0.1, 0.15) is 22.8 Å². The van der Waals surface area contributed by atoms with Crippen molar-refractivity contribution in [2.45, 2.75) is 6.61 Å². The Balaban J connectivity index is 2.19. The van der Waals surface area contributed by atoms with Crippen molar-refractivity contribution in [3.05, 3.63) is 36.0 Å². The molecule has 3 heterocycles. The Morgan fingerprint density at radius 2 is 1.93 bits per heavy atom. The van der Waals surface area contributed by atoms with Crippen molar-refractivity contribution < 1.29 is 28.5 Å². The molecule has 27 heavy (non-hydrogen) atoms. The first-order valence-corrected chi connectivity index (χ1v) is 7.87. The highest BCUT2D eigenvalue weighted by Gasteiger charge is 2.22. The van der Waals surface area contributed by atoms with Crippen LogP contribution in [-0.4, -0.2) is 39.4 Å². The molecule has 0 atom stereocenters. The second-order valence-corrected chi connectivity index (χ2v) is 5.65. The van der Waals surface area contributed by atoms with Crippen molar-refractivity contribution in [3.63, 3.8) is 0 Å². The van der Waals surface area contributed by atoms with E-state index in [2.05, 4.69) is 15.0 Å². The molecule has 0 saturated carbocycles. The third-order valence-electron chi connectivity index (χ3n) is 4.18. The van der Waals surface area contributed by atoms with Crippen molar-refractivity contribution in [3.8, 4) is 28.8 Å². The highest BCUT2D eigenvalue weighted by Crippen LogP contribution is 2.41. The van der Waals surface area contributed by atoms with Gasteiger partial charge < -0.3 is 24.1 Å². The summed E-state index contributed by atoms with van der Waals surface area (Å²) in [6.45, 7) is -0.399. The minimum Gasteiger partial charge on any atom is -0.494 e. The lowest BCUT2D eigenvalue weighted by Crippen LogP contribution is -2.02. The van der Waals surface area contributed by atoms with Crippen molar-refractivity contribution in [1.82, 2.24) is 15.0 Å². The van der Waals surface area contributed by atoms with Gasteiger partial charge in [-0.2, -0.15) is 9.97 Å². The molecule has 0 saturated heterocycles. The monoisotopic (exact) mass is 371 g/mol. The number of rotatable bonds is 4. The van der Waals surface area contributed by atoms with E-state index in [9.17, 15) is 14.6 Å². The Hall–Kier alpha value is -3.46. The van der Waals surface area contributed by atoms with Crippen LogP contribution in [0.4, 0.5) is 4.39 Å². The van der Waals surface area contributed by atoms with Gasteiger partial charge >= 0.3 is 6.01 Å². The lowest BCUT2D eigenvalue weighted by Gasteiger charge is -2.12. The summed E-state index contributed by atoms with van der Waals surface area (Å²) in [5.41, 5.74) is 2.13. The summed E-state index contributed by atoms with van der Waals surface area (Å²) in [7, 11) is 2.75. The molecule has 3 aromatic heterocycles. The maximum absolute atomic E-state index is 13.9. The fraction of sp³-hybridized carbons (Fsp3) is 0.167. The molecule has 0 radical (unpaired) electrons. The minimum absolute atomic E-state index is 0.0195. The van der Waals surface area contributed by atoms with Gasteiger partial charge in [0.2, 0.25) is 0 Å². The zero-order chi connectivity index (χ0) is 19.1. The predicted molar refractivity (Wildman–Crippen MR) is 93.2 cm³/mol. The van der Waals surface area contributed by atoms with Crippen LogP contribution in [-0.2, 0) is 6.61 Å². The number of ether oxygens (including phenoxy) is 2. The van der Waals surface area contributed by atoms with Crippen molar-refractivity contribution in [2.75, 3.05) is 14.2 Å². The topological polar surface area (TPSA) is 111 Å². The first-order valence-electron chi connectivity index (χ1n) is 7.87. The van der Waals surface area contributed by atoms with Crippen LogP contribution in [0.25, 0.3) is 33.1 Å². The molecule has 0 aliphatic heterocycles. The van der Waals surface area contributed by atoms with Crippen molar-refractivity contribution >= 4 is 21.9 Å². The summed E-state index contributed by atoms with van der Waals surface area (Å²) in [5.74, 6) is -0.867. The van der Waals surface area contributed by atoms with E-state index in [1.165, 1.54) is 38.7 Å². The maximum Gasteiger partial charge on any atom is 0.317 e. The van der Waals surface area contributed by atoms with E-state index in [0.29, 0.717) is 33.1 Å². The summed E-state index contributed by atoms with van der Waals surface area (Å²) in [6.07, 6.45) is 1.28. The van der Waals surface area contributed by atoms with Crippen molar-refractivity contribution in [2.24, 2.45) is 0 Å². The normalized spacial score (nSPS) is 11.3. The highest BCUT2D eigenvalue weighted by atomic mass is 19.1. The van der Waals surface area contributed by atoms with Gasteiger partial charge in [0, 0.05) is 5.56 Å². The van der Waals surface area contributed by atoms with E-state index in [1.807, 2.05) is 0 Å². The first kappa shape index (κ1) is 17.0. The van der Waals surface area contributed by atoms with Gasteiger partial charge in [0.15, 0.2) is 11.6 Å². The number of aromatic hydroxyl groups is 1. The Kier molecular flexibility index (Phi) is 4.00. The van der Waals surface area contributed by atoms with E-state index in [1.54, 1.807) is 0 Å². The molecule has 1 aromatic carbocycles. The number of fused-ring (bicyclic) bond motifs is 2. The van der Waals surface area contributed by atoms with E-state index in [0.717, 1.165) is 0 Å². The Morgan fingerprint density at radius 3 is 2.63 bits per heavy atom. The van der Waals surface area contributed by atoms with Crippen LogP contribution in [0, 0.1) is 5.82 Å². The number of halogens is 1. The van der Waals surface area contributed by atoms with Gasteiger partial charge in [-0.3, -0.25) is 0 Å². The zero-order valence-corrected chi connectivity index (χ0v) is 14.4. The number of aliphatic hydroxyl groups is 1. The molecule has 0 spiro atoms. The van der Waals surface area contributed by atoms with Crippen LogP contribution in [0.2, 0.25) is 0 Å². The van der Waals surface area contributed by atoms with Crippen LogP contribution >= 0.6 is 0 Å². The number of pyridine rings is 1. The van der Waals surface area contributed by atoms with Crippen LogP contribution in [0.3, 0.4) is 0 Å². The minimum atomic E-state index is -0.532. The van der Waals surface area contributed by atoms with Gasteiger partial charge in [-0.15, -0.1) is 0 Å². The first-order chi connectivity index (χ1) is 13.1. The number of aliphatic hydroxyl groups excluding tert-OH is 1. The number of nitrogens with zero attached hydrogens (tertiary/aromatic N) is 3. The van der Waals surface area contributed by atoms with Gasteiger partial charge in [0.25, 0.3) is 5.95 Å². The quantitative estimate of drug-likeness (QED) is 0.563. The van der Waals surface area contributed by atoms with Gasteiger partial charge in [-0.25, -0.2) is 9.37 Å². The van der Waals surface area contributed by atoms with Crippen LogP contribution in [0.5, 0.6) is 17.7 Å². The number of furan rings is 1. The standard InChI is InChI=1S/C18H14FN3O5/c1-25-12-5-8(3-4-9(12)19)13-14-11(7-27-17(14)24)20-15-10(6-23)21-18(26-2)22-16(13)15/h3-5,7,23-24H,6H2,1-2H3. The van der Waals surface area contributed by atoms with E-state index in [4.69, 9.17) is 13.9 Å². The largest absolute Gasteiger partial charge is 0.494 e. The Morgan fingerprint density at radius 1 is 1.11 bits per heavy atom. The second kappa shape index (κ2) is 6.36. The Bertz CT molecular complexity index is 1180. The summed E-state index contributed by atoms with van der Waals surface area (Å²) in [6, 6.07) is 4.26. The lowest BCUT2D eigenvalue weighted by molar-refractivity contribution is 0.275. The molecule has 9 heteroatoms. The molecular formula is C18H14FN3O5. The van der Waals surface area contributed by atoms with Crippen molar-refractivity contribution in [1.29, 1.82) is 0 Å². The summed E-state index contributed by atoms with van der Waals surface area (Å²) >= 11 is 0. The van der Waals surface area contributed by atoms with Crippen LogP contribution in [0.15, 0.2) is 28.9 Å². The molecule has 4 aromatic rings. The van der Waals surface area contributed by atoms with Gasteiger partial charge in [-0.05, 0) is 17.7 Å². The molecule has 138 valence electrons. The second-order valence-electron chi connectivity index (χ2n) is 5.65. The molecule has 0 bridgehead atoms. The smallest absolute Gasteiger partial charge is 0.317 e.